The highest BCUT2D eigenvalue weighted by Gasteiger charge is 2.37. The average Bonchev–Trinajstić information content (AvgIpc) is 3.19. The van der Waals surface area contributed by atoms with Crippen molar-refractivity contribution >= 4 is 23.9 Å². The maximum Gasteiger partial charge on any atom is 0.411 e. The van der Waals surface area contributed by atoms with Crippen molar-refractivity contribution in [1.29, 1.82) is 0 Å². The number of nitrogens with one attached hydrogen (secondary N) is 1. The molecule has 1 aliphatic rings. The van der Waals surface area contributed by atoms with Crippen LogP contribution < -0.4 is 5.32 Å². The van der Waals surface area contributed by atoms with Crippen LogP contribution in [0.1, 0.15) is 49.5 Å². The molecule has 1 aliphatic heterocycles. The van der Waals surface area contributed by atoms with Crippen LogP contribution in [0.3, 0.4) is 0 Å². The first kappa shape index (κ1) is 23.2. The summed E-state index contributed by atoms with van der Waals surface area (Å²) in [5.74, 6) is -1.54. The Balaban J connectivity index is 1.79. The molecular formula is C21H28N2O7. The van der Waals surface area contributed by atoms with Crippen molar-refractivity contribution in [3.05, 3.63) is 35.4 Å². The van der Waals surface area contributed by atoms with E-state index in [0.29, 0.717) is 24.9 Å². The molecule has 0 spiro atoms. The Bertz CT molecular complexity index is 784. The van der Waals surface area contributed by atoms with Gasteiger partial charge in [-0.2, -0.15) is 0 Å². The van der Waals surface area contributed by atoms with Gasteiger partial charge in [0.2, 0.25) is 0 Å². The van der Waals surface area contributed by atoms with Crippen LogP contribution in [-0.4, -0.2) is 60.7 Å². The third kappa shape index (κ3) is 6.75. The van der Waals surface area contributed by atoms with Gasteiger partial charge in [-0.15, -0.1) is 0 Å². The van der Waals surface area contributed by atoms with Crippen LogP contribution in [0, 0.1) is 0 Å². The minimum Gasteiger partial charge on any atom is -0.465 e. The van der Waals surface area contributed by atoms with Gasteiger partial charge in [0.05, 0.1) is 12.7 Å². The first-order chi connectivity index (χ1) is 14.1. The summed E-state index contributed by atoms with van der Waals surface area (Å²) in [6.07, 6.45) is 0.556. The van der Waals surface area contributed by atoms with Crippen LogP contribution >= 0.6 is 0 Å². The van der Waals surface area contributed by atoms with Crippen molar-refractivity contribution in [3.63, 3.8) is 0 Å². The lowest BCUT2D eigenvalue weighted by Gasteiger charge is -2.27. The Morgan fingerprint density at radius 2 is 1.80 bits per heavy atom. The molecule has 1 aromatic rings. The molecule has 2 amide bonds. The van der Waals surface area contributed by atoms with E-state index in [2.05, 4.69) is 10.1 Å². The van der Waals surface area contributed by atoms with Gasteiger partial charge in [0, 0.05) is 13.1 Å². The summed E-state index contributed by atoms with van der Waals surface area (Å²) in [6, 6.07) is 5.82. The quantitative estimate of drug-likeness (QED) is 0.554. The normalized spacial score (nSPS) is 16.0. The van der Waals surface area contributed by atoms with Crippen LogP contribution in [0.25, 0.3) is 0 Å². The number of esters is 2. The standard InChI is InChI=1S/C21H28N2O7/c1-21(2,3)30-20(27)23-11-5-6-16(23)19(26)29-13-17(24)22-12-14-7-9-15(10-8-14)18(25)28-4/h7-10,16H,5-6,11-13H2,1-4H3,(H,22,24)/t16-/m0/s1. The third-order valence-corrected chi connectivity index (χ3v) is 4.36. The number of hydrogen-bond donors (Lipinski definition) is 1. The van der Waals surface area contributed by atoms with Crippen molar-refractivity contribution in [2.24, 2.45) is 0 Å². The van der Waals surface area contributed by atoms with E-state index in [1.165, 1.54) is 12.0 Å². The van der Waals surface area contributed by atoms with Gasteiger partial charge in [0.25, 0.3) is 5.91 Å². The van der Waals surface area contributed by atoms with Crippen LogP contribution in [0.15, 0.2) is 24.3 Å². The van der Waals surface area contributed by atoms with E-state index in [-0.39, 0.29) is 6.54 Å². The molecule has 0 unspecified atom stereocenters. The van der Waals surface area contributed by atoms with Gasteiger partial charge in [-0.05, 0) is 51.3 Å². The second-order valence-corrected chi connectivity index (χ2v) is 7.90. The Morgan fingerprint density at radius 1 is 1.13 bits per heavy atom. The number of benzene rings is 1. The van der Waals surface area contributed by atoms with Crippen LogP contribution in [-0.2, 0) is 30.3 Å². The molecule has 0 saturated carbocycles. The second-order valence-electron chi connectivity index (χ2n) is 7.90. The average molecular weight is 420 g/mol. The summed E-state index contributed by atoms with van der Waals surface area (Å²) in [5, 5.41) is 2.64. The van der Waals surface area contributed by atoms with Crippen LogP contribution in [0.2, 0.25) is 0 Å². The largest absolute Gasteiger partial charge is 0.465 e. The van der Waals surface area contributed by atoms with Gasteiger partial charge in [-0.1, -0.05) is 12.1 Å². The van der Waals surface area contributed by atoms with E-state index in [1.54, 1.807) is 45.0 Å². The highest BCUT2D eigenvalue weighted by Crippen LogP contribution is 2.21. The maximum atomic E-state index is 12.3. The Hall–Kier alpha value is -3.10. The molecule has 30 heavy (non-hydrogen) atoms. The molecule has 9 heteroatoms. The molecule has 1 aromatic carbocycles. The van der Waals surface area contributed by atoms with E-state index in [4.69, 9.17) is 9.47 Å². The van der Waals surface area contributed by atoms with Gasteiger partial charge in [0.1, 0.15) is 11.6 Å². The summed E-state index contributed by atoms with van der Waals surface area (Å²) >= 11 is 0. The predicted molar refractivity (Wildman–Crippen MR) is 107 cm³/mol. The van der Waals surface area contributed by atoms with Crippen molar-refractivity contribution in [2.45, 2.75) is 51.8 Å². The number of methoxy groups -OCH3 is 1. The lowest BCUT2D eigenvalue weighted by atomic mass is 10.1. The predicted octanol–water partition coefficient (Wildman–Crippen LogP) is 2.03. The second kappa shape index (κ2) is 10.1. The number of likely N-dealkylation sites (tertiary alicyclic amines) is 1. The fourth-order valence-corrected chi connectivity index (χ4v) is 2.91. The zero-order chi connectivity index (χ0) is 22.3. The zero-order valence-corrected chi connectivity index (χ0v) is 17.7. The molecule has 9 nitrogen and oxygen atoms in total. The summed E-state index contributed by atoms with van der Waals surface area (Å²) in [5.41, 5.74) is 0.519. The fourth-order valence-electron chi connectivity index (χ4n) is 2.91. The molecule has 0 aromatic heterocycles. The molecule has 2 rings (SSSR count). The number of amides is 2. The van der Waals surface area contributed by atoms with E-state index >= 15 is 0 Å². The number of hydrogen-bond acceptors (Lipinski definition) is 7. The minimum absolute atomic E-state index is 0.214. The third-order valence-electron chi connectivity index (χ3n) is 4.36. The van der Waals surface area contributed by atoms with Crippen molar-refractivity contribution in [2.75, 3.05) is 20.3 Å². The molecule has 1 heterocycles. The molecule has 1 atom stereocenters. The van der Waals surface area contributed by atoms with Crippen molar-refractivity contribution in [3.8, 4) is 0 Å². The van der Waals surface area contributed by atoms with Gasteiger partial charge >= 0.3 is 18.0 Å². The van der Waals surface area contributed by atoms with E-state index in [0.717, 1.165) is 5.56 Å². The van der Waals surface area contributed by atoms with Crippen molar-refractivity contribution in [1.82, 2.24) is 10.2 Å². The summed E-state index contributed by atoms with van der Waals surface area (Å²) in [6.45, 7) is 5.43. The molecule has 164 valence electrons. The lowest BCUT2D eigenvalue weighted by molar-refractivity contribution is -0.152. The molecule has 1 saturated heterocycles. The SMILES string of the molecule is COC(=O)c1ccc(CNC(=O)COC(=O)[C@@H]2CCCN2C(=O)OC(C)(C)C)cc1. The van der Waals surface area contributed by atoms with Crippen LogP contribution in [0.5, 0.6) is 0 Å². The van der Waals surface area contributed by atoms with Crippen molar-refractivity contribution < 1.29 is 33.4 Å². The fraction of sp³-hybridized carbons (Fsp3) is 0.524. The smallest absolute Gasteiger partial charge is 0.411 e. The number of ether oxygens (including phenoxy) is 3. The Morgan fingerprint density at radius 3 is 2.40 bits per heavy atom. The highest BCUT2D eigenvalue weighted by atomic mass is 16.6. The first-order valence-electron chi connectivity index (χ1n) is 9.71. The van der Waals surface area contributed by atoms with E-state index in [1.807, 2.05) is 0 Å². The molecule has 0 bridgehead atoms. The number of rotatable bonds is 6. The topological polar surface area (TPSA) is 111 Å². The molecule has 0 aliphatic carbocycles. The molecule has 1 fully saturated rings. The van der Waals surface area contributed by atoms with Crippen LogP contribution in [0.4, 0.5) is 4.79 Å². The van der Waals surface area contributed by atoms with Gasteiger partial charge in [0.15, 0.2) is 6.61 Å². The first-order valence-corrected chi connectivity index (χ1v) is 9.71. The Kier molecular flexibility index (Phi) is 7.79. The lowest BCUT2D eigenvalue weighted by Crippen LogP contribution is -2.44. The minimum atomic E-state index is -0.751. The molecule has 0 radical (unpaired) electrons. The number of nitrogens with zero attached hydrogens (tertiary/aromatic N) is 1. The number of carbonyl (C=O) groups excluding carboxylic acids is 4. The van der Waals surface area contributed by atoms with Gasteiger partial charge in [-0.3, -0.25) is 9.69 Å². The zero-order valence-electron chi connectivity index (χ0n) is 17.7. The highest BCUT2D eigenvalue weighted by molar-refractivity contribution is 5.89. The summed E-state index contributed by atoms with van der Waals surface area (Å²) in [4.78, 5) is 49.3. The van der Waals surface area contributed by atoms with Gasteiger partial charge in [-0.25, -0.2) is 14.4 Å². The van der Waals surface area contributed by atoms with Gasteiger partial charge < -0.3 is 19.5 Å². The summed E-state index contributed by atoms with van der Waals surface area (Å²) in [7, 11) is 1.30. The number of carbonyl (C=O) groups is 4. The Labute approximate surface area is 175 Å². The molecule has 1 N–H and O–H groups in total. The van der Waals surface area contributed by atoms with E-state index < -0.39 is 42.2 Å². The monoisotopic (exact) mass is 420 g/mol. The van der Waals surface area contributed by atoms with E-state index in [9.17, 15) is 19.2 Å². The molecular weight excluding hydrogens is 392 g/mol. The summed E-state index contributed by atoms with van der Waals surface area (Å²) < 4.78 is 15.0. The maximum absolute atomic E-state index is 12.3.